The lowest BCUT2D eigenvalue weighted by molar-refractivity contribution is -0.127. The molecule has 23 heavy (non-hydrogen) atoms. The summed E-state index contributed by atoms with van der Waals surface area (Å²) in [6.45, 7) is 3.69. The second-order valence-corrected chi connectivity index (χ2v) is 5.93. The number of rotatable bonds is 0. The molecule has 7 heteroatoms. The van der Waals surface area contributed by atoms with Crippen LogP contribution in [0.5, 0.6) is 0 Å². The van der Waals surface area contributed by atoms with Crippen molar-refractivity contribution in [2.75, 3.05) is 10.6 Å². The van der Waals surface area contributed by atoms with Crippen LogP contribution in [0.1, 0.15) is 22.4 Å². The van der Waals surface area contributed by atoms with Gasteiger partial charge in [0.1, 0.15) is 11.3 Å². The summed E-state index contributed by atoms with van der Waals surface area (Å²) in [5, 5.41) is 21.9. The van der Waals surface area contributed by atoms with E-state index in [2.05, 4.69) is 20.8 Å². The Kier molecular flexibility index (Phi) is 2.47. The van der Waals surface area contributed by atoms with Crippen molar-refractivity contribution in [1.82, 2.24) is 10.2 Å². The van der Waals surface area contributed by atoms with E-state index in [1.807, 2.05) is 25.1 Å². The second-order valence-electron chi connectivity index (χ2n) is 5.93. The van der Waals surface area contributed by atoms with Crippen LogP contribution in [0, 0.1) is 31.1 Å². The first-order valence-corrected chi connectivity index (χ1v) is 7.18. The molecule has 3 heterocycles. The molecular weight excluding hydrogens is 294 g/mol. The third-order valence-corrected chi connectivity index (χ3v) is 4.61. The van der Waals surface area contributed by atoms with Gasteiger partial charge in [0.05, 0.1) is 6.07 Å². The maximum Gasteiger partial charge on any atom is 0.244 e. The Morgan fingerprint density at radius 3 is 2.78 bits per heavy atom. The van der Waals surface area contributed by atoms with Gasteiger partial charge in [0.25, 0.3) is 0 Å². The number of benzene rings is 1. The predicted octanol–water partition coefficient (Wildman–Crippen LogP) is 1.36. The monoisotopic (exact) mass is 307 g/mol. The molecule has 1 spiro atoms. The van der Waals surface area contributed by atoms with E-state index in [-0.39, 0.29) is 5.91 Å². The molecule has 7 nitrogen and oxygen atoms in total. The summed E-state index contributed by atoms with van der Waals surface area (Å²) >= 11 is 0. The van der Waals surface area contributed by atoms with Crippen LogP contribution in [0.3, 0.4) is 0 Å². The van der Waals surface area contributed by atoms with Gasteiger partial charge in [0.15, 0.2) is 5.82 Å². The molecular formula is C16H13N5O2. The predicted molar refractivity (Wildman–Crippen MR) is 81.6 cm³/mol. The largest absolute Gasteiger partial charge is 0.325 e. The van der Waals surface area contributed by atoms with Gasteiger partial charge < -0.3 is 10.6 Å². The van der Waals surface area contributed by atoms with Gasteiger partial charge in [-0.05, 0) is 25.5 Å². The van der Waals surface area contributed by atoms with Crippen molar-refractivity contribution < 1.29 is 9.59 Å². The van der Waals surface area contributed by atoms with Crippen LogP contribution < -0.4 is 10.6 Å². The number of fused-ring (bicyclic) bond motifs is 4. The number of carbonyl (C=O) groups is 2. The fourth-order valence-corrected chi connectivity index (χ4v) is 3.66. The number of hydrogen-bond acceptors (Lipinski definition) is 4. The molecule has 3 N–H and O–H groups in total. The molecule has 1 aromatic heterocycles. The lowest BCUT2D eigenvalue weighted by atomic mass is 9.64. The molecule has 0 saturated carbocycles. The van der Waals surface area contributed by atoms with Crippen LogP contribution in [0.15, 0.2) is 18.2 Å². The van der Waals surface area contributed by atoms with Crippen molar-refractivity contribution in [3.8, 4) is 6.07 Å². The van der Waals surface area contributed by atoms with Crippen LogP contribution in [-0.4, -0.2) is 22.0 Å². The van der Waals surface area contributed by atoms with E-state index in [1.54, 1.807) is 13.0 Å². The maximum absolute atomic E-state index is 13.0. The number of anilines is 2. The molecule has 2 aliphatic rings. The summed E-state index contributed by atoms with van der Waals surface area (Å²) in [6.07, 6.45) is 0. The quantitative estimate of drug-likeness (QED) is 0.682. The number of carbonyl (C=O) groups excluding carboxylic acids is 2. The third-order valence-electron chi connectivity index (χ3n) is 4.61. The van der Waals surface area contributed by atoms with E-state index in [9.17, 15) is 14.9 Å². The molecule has 2 atom stereocenters. The molecule has 0 saturated heterocycles. The van der Waals surface area contributed by atoms with E-state index in [0.29, 0.717) is 28.3 Å². The van der Waals surface area contributed by atoms with Gasteiger partial charge in [0.2, 0.25) is 11.8 Å². The minimum Gasteiger partial charge on any atom is -0.325 e. The summed E-state index contributed by atoms with van der Waals surface area (Å²) in [5.74, 6) is -1.74. The minimum atomic E-state index is -1.37. The number of aromatic amines is 1. The Bertz CT molecular complexity index is 923. The molecule has 2 amide bonds. The Hall–Kier alpha value is -3.14. The summed E-state index contributed by atoms with van der Waals surface area (Å²) < 4.78 is 0. The highest BCUT2D eigenvalue weighted by atomic mass is 16.2. The molecule has 114 valence electrons. The standard InChI is InChI=1S/C16H13N5O2/c1-7-3-4-11-9(5-7)16(15(23)18-11)10(6-17)14(22)19-13-12(16)8(2)20-21-13/h3-5,10H,1-2H3,(H,18,23)(H2,19,20,21,22)/t10-,16-/m0/s1. The average Bonchev–Trinajstić information content (AvgIpc) is 3.00. The number of aryl methyl sites for hydroxylation is 2. The Labute approximate surface area is 131 Å². The molecule has 4 rings (SSSR count). The van der Waals surface area contributed by atoms with Crippen LogP contribution >= 0.6 is 0 Å². The number of amides is 2. The lowest BCUT2D eigenvalue weighted by Gasteiger charge is -2.35. The number of nitrogens with one attached hydrogen (secondary N) is 3. The molecule has 0 aliphatic carbocycles. The first-order valence-electron chi connectivity index (χ1n) is 7.18. The minimum absolute atomic E-state index is 0.309. The van der Waals surface area contributed by atoms with Crippen molar-refractivity contribution in [3.63, 3.8) is 0 Å². The Balaban J connectivity index is 2.15. The number of nitrogens with zero attached hydrogens (tertiary/aromatic N) is 2. The number of hydrogen-bond donors (Lipinski definition) is 3. The Morgan fingerprint density at radius 1 is 1.26 bits per heavy atom. The number of aromatic nitrogens is 2. The highest BCUT2D eigenvalue weighted by Gasteiger charge is 2.61. The molecule has 0 unspecified atom stereocenters. The molecule has 0 bridgehead atoms. The zero-order valence-corrected chi connectivity index (χ0v) is 12.5. The molecule has 2 aromatic rings. The van der Waals surface area contributed by atoms with Gasteiger partial charge >= 0.3 is 0 Å². The van der Waals surface area contributed by atoms with Crippen LogP contribution in [0.4, 0.5) is 11.5 Å². The third kappa shape index (κ3) is 1.45. The fourth-order valence-electron chi connectivity index (χ4n) is 3.66. The van der Waals surface area contributed by atoms with E-state index in [0.717, 1.165) is 5.56 Å². The average molecular weight is 307 g/mol. The van der Waals surface area contributed by atoms with Crippen LogP contribution in [0.25, 0.3) is 0 Å². The topological polar surface area (TPSA) is 111 Å². The van der Waals surface area contributed by atoms with Gasteiger partial charge in [-0.15, -0.1) is 0 Å². The van der Waals surface area contributed by atoms with Gasteiger partial charge in [-0.25, -0.2) is 0 Å². The van der Waals surface area contributed by atoms with Gasteiger partial charge in [0, 0.05) is 16.9 Å². The summed E-state index contributed by atoms with van der Waals surface area (Å²) in [5.41, 5.74) is 2.07. The first kappa shape index (κ1) is 13.5. The van der Waals surface area contributed by atoms with Crippen molar-refractivity contribution in [3.05, 3.63) is 40.6 Å². The van der Waals surface area contributed by atoms with Gasteiger partial charge in [-0.1, -0.05) is 17.7 Å². The van der Waals surface area contributed by atoms with Crippen molar-refractivity contribution in [2.45, 2.75) is 19.3 Å². The Morgan fingerprint density at radius 2 is 2.04 bits per heavy atom. The highest BCUT2D eigenvalue weighted by molar-refractivity contribution is 6.16. The molecule has 1 aromatic carbocycles. The zero-order chi connectivity index (χ0) is 16.4. The maximum atomic E-state index is 13.0. The van der Waals surface area contributed by atoms with E-state index >= 15 is 0 Å². The van der Waals surface area contributed by atoms with Crippen LogP contribution in [0.2, 0.25) is 0 Å². The summed E-state index contributed by atoms with van der Waals surface area (Å²) in [6, 6.07) is 7.55. The number of H-pyrrole nitrogens is 1. The zero-order valence-electron chi connectivity index (χ0n) is 12.5. The van der Waals surface area contributed by atoms with Crippen molar-refractivity contribution in [1.29, 1.82) is 5.26 Å². The van der Waals surface area contributed by atoms with E-state index in [4.69, 9.17) is 0 Å². The fraction of sp³-hybridized carbons (Fsp3) is 0.250. The highest BCUT2D eigenvalue weighted by Crippen LogP contribution is 2.52. The van der Waals surface area contributed by atoms with Gasteiger partial charge in [-0.2, -0.15) is 10.4 Å². The van der Waals surface area contributed by atoms with Gasteiger partial charge in [-0.3, -0.25) is 14.7 Å². The van der Waals surface area contributed by atoms with E-state index in [1.165, 1.54) is 0 Å². The first-order chi connectivity index (χ1) is 11.0. The SMILES string of the molecule is Cc1ccc2c(c1)[C@@]1(C(=O)N2)c2c(n[nH]c2C)NC(=O)[C@@H]1C#N. The smallest absolute Gasteiger partial charge is 0.244 e. The normalized spacial score (nSPS) is 24.7. The summed E-state index contributed by atoms with van der Waals surface area (Å²) in [7, 11) is 0. The van der Waals surface area contributed by atoms with Crippen molar-refractivity contribution in [2.24, 2.45) is 5.92 Å². The molecule has 0 radical (unpaired) electrons. The van der Waals surface area contributed by atoms with Crippen LogP contribution in [-0.2, 0) is 15.0 Å². The summed E-state index contributed by atoms with van der Waals surface area (Å²) in [4.78, 5) is 25.4. The second kappa shape index (κ2) is 4.20. The van der Waals surface area contributed by atoms with E-state index < -0.39 is 17.2 Å². The molecule has 0 fully saturated rings. The lowest BCUT2D eigenvalue weighted by Crippen LogP contribution is -2.51. The number of nitriles is 1. The van der Waals surface area contributed by atoms with Crippen molar-refractivity contribution >= 4 is 23.3 Å². The molecule has 2 aliphatic heterocycles.